The first-order valence-electron chi connectivity index (χ1n) is 7.34. The fraction of sp³-hybridized carbons (Fsp3) is 0.533. The Morgan fingerprint density at radius 1 is 1.36 bits per heavy atom. The number of hydrogen-bond donors (Lipinski definition) is 2. The Kier molecular flexibility index (Phi) is 6.15. The average Bonchev–Trinajstić information content (AvgIpc) is 3.14. The number of hydrogen-bond acceptors (Lipinski definition) is 5. The highest BCUT2D eigenvalue weighted by Crippen LogP contribution is 2.34. The van der Waals surface area contributed by atoms with Crippen molar-refractivity contribution in [2.24, 2.45) is 0 Å². The molecule has 3 rings (SSSR count). The molecular formula is C15H21ClN2O4. The second kappa shape index (κ2) is 8.10. The van der Waals surface area contributed by atoms with E-state index < -0.39 is 0 Å². The van der Waals surface area contributed by atoms with Gasteiger partial charge in [0.1, 0.15) is 12.4 Å². The van der Waals surface area contributed by atoms with Crippen LogP contribution in [0.4, 0.5) is 0 Å². The Labute approximate surface area is 135 Å². The standard InChI is InChI=1S/C15H20N2O4.ClH/c18-15(8-11-2-1-5-16-11)17-6-7-19-12-3-4-13-14(9-12)21-10-20-13;/h3-4,9,11,16H,1-2,5-8,10H2,(H,17,18);1H. The van der Waals surface area contributed by atoms with Crippen LogP contribution in [-0.2, 0) is 4.79 Å². The number of carbonyl (C=O) groups excluding carboxylic acids is 1. The van der Waals surface area contributed by atoms with E-state index in [-0.39, 0.29) is 25.1 Å². The SMILES string of the molecule is Cl.O=C(CC1CCCN1)NCCOc1ccc2c(c1)OCO2. The molecule has 0 aliphatic carbocycles. The van der Waals surface area contributed by atoms with Gasteiger partial charge in [-0.05, 0) is 31.5 Å². The predicted octanol–water partition coefficient (Wildman–Crippen LogP) is 1.47. The average molecular weight is 329 g/mol. The Morgan fingerprint density at radius 2 is 2.23 bits per heavy atom. The van der Waals surface area contributed by atoms with E-state index in [1.54, 1.807) is 6.07 Å². The second-order valence-electron chi connectivity index (χ2n) is 5.21. The highest BCUT2D eigenvalue weighted by molar-refractivity contribution is 5.85. The molecule has 2 aliphatic heterocycles. The number of fused-ring (bicyclic) bond motifs is 1. The third-order valence-electron chi connectivity index (χ3n) is 3.63. The van der Waals surface area contributed by atoms with Crippen molar-refractivity contribution < 1.29 is 19.0 Å². The topological polar surface area (TPSA) is 68.8 Å². The van der Waals surface area contributed by atoms with Crippen LogP contribution >= 0.6 is 12.4 Å². The summed E-state index contributed by atoms with van der Waals surface area (Å²) in [6, 6.07) is 5.78. The number of nitrogens with one attached hydrogen (secondary N) is 2. The van der Waals surface area contributed by atoms with Crippen LogP contribution in [0.1, 0.15) is 19.3 Å². The Balaban J connectivity index is 0.00000176. The molecule has 1 amide bonds. The van der Waals surface area contributed by atoms with Crippen molar-refractivity contribution in [3.8, 4) is 17.2 Å². The van der Waals surface area contributed by atoms with Crippen molar-refractivity contribution in [1.82, 2.24) is 10.6 Å². The highest BCUT2D eigenvalue weighted by atomic mass is 35.5. The van der Waals surface area contributed by atoms with E-state index in [1.807, 2.05) is 12.1 Å². The summed E-state index contributed by atoms with van der Waals surface area (Å²) in [6.07, 6.45) is 2.79. The van der Waals surface area contributed by atoms with Gasteiger partial charge < -0.3 is 24.8 Å². The van der Waals surface area contributed by atoms with Gasteiger partial charge in [-0.25, -0.2) is 0 Å². The van der Waals surface area contributed by atoms with Crippen molar-refractivity contribution in [3.05, 3.63) is 18.2 Å². The van der Waals surface area contributed by atoms with E-state index >= 15 is 0 Å². The Hall–Kier alpha value is -1.66. The van der Waals surface area contributed by atoms with Crippen LogP contribution in [-0.4, -0.2) is 38.4 Å². The number of ether oxygens (including phenoxy) is 3. The maximum Gasteiger partial charge on any atom is 0.231 e. The monoisotopic (exact) mass is 328 g/mol. The molecular weight excluding hydrogens is 308 g/mol. The van der Waals surface area contributed by atoms with Gasteiger partial charge in [0, 0.05) is 18.5 Å². The smallest absolute Gasteiger partial charge is 0.231 e. The summed E-state index contributed by atoms with van der Waals surface area (Å²) in [7, 11) is 0. The first-order valence-corrected chi connectivity index (χ1v) is 7.34. The molecule has 0 aromatic heterocycles. The van der Waals surface area contributed by atoms with Gasteiger partial charge >= 0.3 is 0 Å². The number of rotatable bonds is 6. The molecule has 2 heterocycles. The van der Waals surface area contributed by atoms with Gasteiger partial charge in [0.2, 0.25) is 12.7 Å². The van der Waals surface area contributed by atoms with Crippen LogP contribution in [0.3, 0.4) is 0 Å². The fourth-order valence-electron chi connectivity index (χ4n) is 2.55. The molecule has 1 fully saturated rings. The summed E-state index contributed by atoms with van der Waals surface area (Å²) < 4.78 is 16.1. The van der Waals surface area contributed by atoms with Gasteiger partial charge in [0.15, 0.2) is 11.5 Å². The van der Waals surface area contributed by atoms with Gasteiger partial charge in [-0.1, -0.05) is 0 Å². The predicted molar refractivity (Wildman–Crippen MR) is 84.0 cm³/mol. The van der Waals surface area contributed by atoms with E-state index in [4.69, 9.17) is 14.2 Å². The minimum absolute atomic E-state index is 0. The maximum absolute atomic E-state index is 11.7. The third kappa shape index (κ3) is 4.42. The normalized spacial score (nSPS) is 18.6. The van der Waals surface area contributed by atoms with E-state index in [2.05, 4.69) is 10.6 Å². The molecule has 0 saturated carbocycles. The molecule has 122 valence electrons. The molecule has 0 bridgehead atoms. The lowest BCUT2D eigenvalue weighted by Gasteiger charge is -2.11. The van der Waals surface area contributed by atoms with Crippen molar-refractivity contribution in [2.75, 3.05) is 26.5 Å². The molecule has 1 atom stereocenters. The van der Waals surface area contributed by atoms with E-state index in [1.165, 1.54) is 0 Å². The fourth-order valence-corrected chi connectivity index (χ4v) is 2.55. The molecule has 1 unspecified atom stereocenters. The molecule has 6 nitrogen and oxygen atoms in total. The lowest BCUT2D eigenvalue weighted by molar-refractivity contribution is -0.121. The van der Waals surface area contributed by atoms with Gasteiger partial charge in [-0.2, -0.15) is 0 Å². The largest absolute Gasteiger partial charge is 0.492 e. The van der Waals surface area contributed by atoms with E-state index in [0.717, 1.165) is 25.1 Å². The Morgan fingerprint density at radius 3 is 3.05 bits per heavy atom. The van der Waals surface area contributed by atoms with Crippen LogP contribution in [0.15, 0.2) is 18.2 Å². The lowest BCUT2D eigenvalue weighted by Crippen LogP contribution is -2.33. The van der Waals surface area contributed by atoms with Crippen LogP contribution in [0.5, 0.6) is 17.2 Å². The minimum Gasteiger partial charge on any atom is -0.492 e. The number of carbonyl (C=O) groups is 1. The molecule has 1 aromatic carbocycles. The van der Waals surface area contributed by atoms with Crippen molar-refractivity contribution in [2.45, 2.75) is 25.3 Å². The zero-order valence-corrected chi connectivity index (χ0v) is 13.1. The van der Waals surface area contributed by atoms with Gasteiger partial charge in [0.05, 0.1) is 6.54 Å². The highest BCUT2D eigenvalue weighted by Gasteiger charge is 2.17. The summed E-state index contributed by atoms with van der Waals surface area (Å²) in [5.74, 6) is 2.22. The molecule has 1 saturated heterocycles. The number of benzene rings is 1. The van der Waals surface area contributed by atoms with Crippen LogP contribution < -0.4 is 24.8 Å². The van der Waals surface area contributed by atoms with Crippen LogP contribution in [0.25, 0.3) is 0 Å². The first kappa shape index (κ1) is 16.7. The van der Waals surface area contributed by atoms with Crippen LogP contribution in [0, 0.1) is 0 Å². The summed E-state index contributed by atoms with van der Waals surface area (Å²) in [5.41, 5.74) is 0. The zero-order chi connectivity index (χ0) is 14.5. The summed E-state index contributed by atoms with van der Waals surface area (Å²) in [6.45, 7) is 2.21. The molecule has 2 aliphatic rings. The lowest BCUT2D eigenvalue weighted by atomic mass is 10.1. The van der Waals surface area contributed by atoms with E-state index in [0.29, 0.717) is 37.1 Å². The molecule has 1 aromatic rings. The Bertz CT molecular complexity index is 506. The van der Waals surface area contributed by atoms with Gasteiger partial charge in [-0.3, -0.25) is 4.79 Å². The summed E-state index contributed by atoms with van der Waals surface area (Å²) in [5, 5.41) is 6.18. The molecule has 22 heavy (non-hydrogen) atoms. The zero-order valence-electron chi connectivity index (χ0n) is 12.3. The summed E-state index contributed by atoms with van der Waals surface area (Å²) >= 11 is 0. The van der Waals surface area contributed by atoms with Crippen LogP contribution in [0.2, 0.25) is 0 Å². The first-order chi connectivity index (χ1) is 10.3. The van der Waals surface area contributed by atoms with Crippen molar-refractivity contribution in [3.63, 3.8) is 0 Å². The number of amides is 1. The molecule has 0 radical (unpaired) electrons. The minimum atomic E-state index is 0. The van der Waals surface area contributed by atoms with Gasteiger partial charge in [-0.15, -0.1) is 12.4 Å². The third-order valence-corrected chi connectivity index (χ3v) is 3.63. The van der Waals surface area contributed by atoms with Crippen molar-refractivity contribution >= 4 is 18.3 Å². The second-order valence-corrected chi connectivity index (χ2v) is 5.21. The van der Waals surface area contributed by atoms with Gasteiger partial charge in [0.25, 0.3) is 0 Å². The summed E-state index contributed by atoms with van der Waals surface area (Å²) in [4.78, 5) is 11.7. The molecule has 2 N–H and O–H groups in total. The maximum atomic E-state index is 11.7. The molecule has 0 spiro atoms. The van der Waals surface area contributed by atoms with Crippen molar-refractivity contribution in [1.29, 1.82) is 0 Å². The quantitative estimate of drug-likeness (QED) is 0.774. The van der Waals surface area contributed by atoms with E-state index in [9.17, 15) is 4.79 Å². The molecule has 7 heteroatoms. The number of halogens is 1.